The number of nitrogens with two attached hydrogens (primary N) is 1. The molecule has 0 spiro atoms. The molecule has 0 radical (unpaired) electrons. The summed E-state index contributed by atoms with van der Waals surface area (Å²) < 4.78 is 0. The van der Waals surface area contributed by atoms with E-state index >= 15 is 0 Å². The van der Waals surface area contributed by atoms with Crippen molar-refractivity contribution in [2.24, 2.45) is 5.73 Å². The van der Waals surface area contributed by atoms with E-state index in [1.165, 1.54) is 5.56 Å². The van der Waals surface area contributed by atoms with Crippen molar-refractivity contribution in [3.63, 3.8) is 0 Å². The molecule has 3 heteroatoms. The van der Waals surface area contributed by atoms with E-state index in [0.29, 0.717) is 6.54 Å². The Labute approximate surface area is 113 Å². The van der Waals surface area contributed by atoms with Crippen molar-refractivity contribution >= 4 is 5.97 Å². The number of carboxylic acid groups (broad SMARTS) is 1. The fraction of sp³-hybridized carbons (Fsp3) is 0.188. The molecule has 19 heavy (non-hydrogen) atoms. The van der Waals surface area contributed by atoms with E-state index in [0.717, 1.165) is 5.56 Å². The highest BCUT2D eigenvalue weighted by Gasteiger charge is 2.11. The van der Waals surface area contributed by atoms with Crippen LogP contribution in [0, 0.1) is 0 Å². The molecule has 0 aromatic heterocycles. The average molecular weight is 257 g/mol. The lowest BCUT2D eigenvalue weighted by atomic mass is 10.0. The molecule has 0 aliphatic rings. The molecule has 2 rings (SSSR count). The molecule has 0 heterocycles. The summed E-state index contributed by atoms with van der Waals surface area (Å²) in [6.07, 6.45) is 0. The van der Waals surface area contributed by atoms with Gasteiger partial charge in [-0.3, -0.25) is 4.79 Å². The van der Waals surface area contributed by atoms with Crippen LogP contribution in [0.15, 0.2) is 60.7 Å². The molecule has 0 saturated carbocycles. The molecule has 1 atom stereocenters. The second-order valence-corrected chi connectivity index (χ2v) is 4.16. The lowest BCUT2D eigenvalue weighted by Crippen LogP contribution is -2.06. The lowest BCUT2D eigenvalue weighted by molar-refractivity contribution is -0.138. The molecule has 0 saturated heterocycles. The van der Waals surface area contributed by atoms with Gasteiger partial charge in [0.15, 0.2) is 0 Å². The van der Waals surface area contributed by atoms with Gasteiger partial charge in [-0.25, -0.2) is 0 Å². The second kappa shape index (κ2) is 8.06. The van der Waals surface area contributed by atoms with Crippen LogP contribution in [0.1, 0.15) is 24.0 Å². The van der Waals surface area contributed by atoms with E-state index in [1.807, 2.05) is 60.7 Å². The van der Waals surface area contributed by atoms with Gasteiger partial charge in [-0.15, -0.1) is 0 Å². The highest BCUT2D eigenvalue weighted by Crippen LogP contribution is 2.13. The van der Waals surface area contributed by atoms with Gasteiger partial charge >= 0.3 is 5.97 Å². The van der Waals surface area contributed by atoms with E-state index in [2.05, 4.69) is 0 Å². The first-order chi connectivity index (χ1) is 9.15. The minimum Gasteiger partial charge on any atom is -0.481 e. The van der Waals surface area contributed by atoms with Crippen LogP contribution >= 0.6 is 0 Å². The van der Waals surface area contributed by atoms with Crippen molar-refractivity contribution in [2.45, 2.75) is 19.4 Å². The minimum absolute atomic E-state index is 0.406. The number of hydrogen-bond acceptors (Lipinski definition) is 2. The average Bonchev–Trinajstić information content (AvgIpc) is 2.48. The predicted molar refractivity (Wildman–Crippen MR) is 76.8 cm³/mol. The standard InChI is InChI=1S/C9H10O2.C7H9N/c1-7(9(10)11)8-5-3-2-4-6-8;8-6-7-4-2-1-3-5-7/h2-7H,1H3,(H,10,11);1-5H,6,8H2/t7-;/m0./s1. The van der Waals surface area contributed by atoms with Crippen LogP contribution in [0.5, 0.6) is 0 Å². The van der Waals surface area contributed by atoms with E-state index < -0.39 is 11.9 Å². The Bertz CT molecular complexity index is 483. The maximum absolute atomic E-state index is 10.5. The molecule has 0 amide bonds. The molecular formula is C16H19NO2. The molecule has 100 valence electrons. The zero-order valence-electron chi connectivity index (χ0n) is 11.0. The molecule has 0 aliphatic carbocycles. The Kier molecular flexibility index (Phi) is 6.33. The van der Waals surface area contributed by atoms with Crippen LogP contribution in [0.4, 0.5) is 0 Å². The molecule has 0 unspecified atom stereocenters. The van der Waals surface area contributed by atoms with Crippen molar-refractivity contribution in [3.8, 4) is 0 Å². The molecule has 0 aliphatic heterocycles. The van der Waals surface area contributed by atoms with Gasteiger partial charge in [-0.1, -0.05) is 60.7 Å². The molecule has 2 aromatic carbocycles. The monoisotopic (exact) mass is 257 g/mol. The lowest BCUT2D eigenvalue weighted by Gasteiger charge is -2.04. The van der Waals surface area contributed by atoms with Crippen molar-refractivity contribution in [1.29, 1.82) is 0 Å². The van der Waals surface area contributed by atoms with Crippen LogP contribution < -0.4 is 5.73 Å². The van der Waals surface area contributed by atoms with E-state index in [-0.39, 0.29) is 0 Å². The summed E-state index contributed by atoms with van der Waals surface area (Å²) in [6.45, 7) is 2.32. The summed E-state index contributed by atoms with van der Waals surface area (Å²) in [5.74, 6) is -1.19. The van der Waals surface area contributed by atoms with Gasteiger partial charge < -0.3 is 10.8 Å². The molecular weight excluding hydrogens is 238 g/mol. The molecule has 2 aromatic rings. The van der Waals surface area contributed by atoms with Crippen molar-refractivity contribution < 1.29 is 9.90 Å². The van der Waals surface area contributed by atoms with Crippen molar-refractivity contribution in [1.82, 2.24) is 0 Å². The second-order valence-electron chi connectivity index (χ2n) is 4.16. The Balaban J connectivity index is 0.000000200. The quantitative estimate of drug-likeness (QED) is 0.888. The number of aliphatic carboxylic acids is 1. The number of carbonyl (C=O) groups is 1. The fourth-order valence-corrected chi connectivity index (χ4v) is 1.50. The molecule has 0 bridgehead atoms. The highest BCUT2D eigenvalue weighted by atomic mass is 16.4. The number of rotatable bonds is 3. The first-order valence-corrected chi connectivity index (χ1v) is 6.17. The van der Waals surface area contributed by atoms with E-state index in [1.54, 1.807) is 6.92 Å². The normalized spacial score (nSPS) is 11.1. The van der Waals surface area contributed by atoms with Crippen molar-refractivity contribution in [3.05, 3.63) is 71.8 Å². The Morgan fingerprint density at radius 2 is 1.53 bits per heavy atom. The third-order valence-corrected chi connectivity index (χ3v) is 2.75. The smallest absolute Gasteiger partial charge is 0.310 e. The highest BCUT2D eigenvalue weighted by molar-refractivity contribution is 5.75. The van der Waals surface area contributed by atoms with Gasteiger partial charge in [0.2, 0.25) is 0 Å². The summed E-state index contributed by atoms with van der Waals surface area (Å²) >= 11 is 0. The van der Waals surface area contributed by atoms with Crippen molar-refractivity contribution in [2.75, 3.05) is 0 Å². The predicted octanol–water partition coefficient (Wildman–Crippen LogP) is 3.02. The summed E-state index contributed by atoms with van der Waals surface area (Å²) in [4.78, 5) is 10.5. The number of benzene rings is 2. The Morgan fingerprint density at radius 1 is 1.05 bits per heavy atom. The maximum atomic E-state index is 10.5. The third-order valence-electron chi connectivity index (χ3n) is 2.75. The van der Waals surface area contributed by atoms with Crippen LogP contribution in [0.25, 0.3) is 0 Å². The fourth-order valence-electron chi connectivity index (χ4n) is 1.50. The Hall–Kier alpha value is -2.13. The zero-order chi connectivity index (χ0) is 14.1. The van der Waals surface area contributed by atoms with Gasteiger partial charge in [0.1, 0.15) is 0 Å². The minimum atomic E-state index is -0.781. The van der Waals surface area contributed by atoms with Crippen LogP contribution in [-0.4, -0.2) is 11.1 Å². The van der Waals surface area contributed by atoms with E-state index in [9.17, 15) is 4.79 Å². The van der Waals surface area contributed by atoms with Gasteiger partial charge in [0.05, 0.1) is 5.92 Å². The molecule has 0 fully saturated rings. The summed E-state index contributed by atoms with van der Waals surface area (Å²) in [6, 6.07) is 19.2. The molecule has 3 N–H and O–H groups in total. The topological polar surface area (TPSA) is 63.3 Å². The van der Waals surface area contributed by atoms with Gasteiger partial charge in [0, 0.05) is 6.54 Å². The maximum Gasteiger partial charge on any atom is 0.310 e. The largest absolute Gasteiger partial charge is 0.481 e. The van der Waals surface area contributed by atoms with Gasteiger partial charge in [-0.05, 0) is 18.1 Å². The van der Waals surface area contributed by atoms with Crippen LogP contribution in [0.3, 0.4) is 0 Å². The third kappa shape index (κ3) is 5.36. The first-order valence-electron chi connectivity index (χ1n) is 6.17. The molecule has 3 nitrogen and oxygen atoms in total. The number of carboxylic acids is 1. The number of hydrogen-bond donors (Lipinski definition) is 2. The SMILES string of the molecule is C[C@H](C(=O)O)c1ccccc1.NCc1ccccc1. The Morgan fingerprint density at radius 3 is 1.89 bits per heavy atom. The van der Waals surface area contributed by atoms with E-state index in [4.69, 9.17) is 10.8 Å². The first kappa shape index (κ1) is 14.9. The van der Waals surface area contributed by atoms with Gasteiger partial charge in [-0.2, -0.15) is 0 Å². The zero-order valence-corrected chi connectivity index (χ0v) is 11.0. The van der Waals surface area contributed by atoms with Crippen LogP contribution in [-0.2, 0) is 11.3 Å². The summed E-state index contributed by atoms with van der Waals surface area (Å²) in [5.41, 5.74) is 7.38. The van der Waals surface area contributed by atoms with Crippen LogP contribution in [0.2, 0.25) is 0 Å². The van der Waals surface area contributed by atoms with Gasteiger partial charge in [0.25, 0.3) is 0 Å². The summed E-state index contributed by atoms with van der Waals surface area (Å²) in [7, 11) is 0. The summed E-state index contributed by atoms with van der Waals surface area (Å²) in [5, 5.41) is 8.64.